The predicted octanol–water partition coefficient (Wildman–Crippen LogP) is 4.87. The molecule has 5 heteroatoms. The number of nitrogens with two attached hydrogens (primary N) is 1. The van der Waals surface area contributed by atoms with E-state index in [-0.39, 0.29) is 0 Å². The molecule has 0 amide bonds. The molecule has 0 saturated heterocycles. The lowest BCUT2D eigenvalue weighted by Gasteiger charge is -2.34. The summed E-state index contributed by atoms with van der Waals surface area (Å²) in [4.78, 5) is 0. The fourth-order valence-corrected chi connectivity index (χ4v) is 5.51. The first-order valence-corrected chi connectivity index (χ1v) is 10.00. The SMILES string of the molecule is CCCOP(=O)(OCCC)C1(N)c2ccccc2-c2ccccc21. The number of fused-ring (bicyclic) bond motifs is 3. The number of hydrogen-bond acceptors (Lipinski definition) is 4. The molecular weight excluding hydrogens is 321 g/mol. The van der Waals surface area contributed by atoms with Crippen LogP contribution in [-0.4, -0.2) is 13.2 Å². The molecule has 0 atom stereocenters. The Bertz CT molecular complexity index is 717. The maximum absolute atomic E-state index is 13.8. The molecule has 0 radical (unpaired) electrons. The van der Waals surface area contributed by atoms with E-state index in [1.54, 1.807) is 0 Å². The molecule has 1 aliphatic rings. The van der Waals surface area contributed by atoms with E-state index >= 15 is 0 Å². The van der Waals surface area contributed by atoms with Crippen LogP contribution in [0.3, 0.4) is 0 Å². The third kappa shape index (κ3) is 2.55. The van der Waals surface area contributed by atoms with Crippen LogP contribution in [0.25, 0.3) is 11.1 Å². The Morgan fingerprint density at radius 2 is 1.29 bits per heavy atom. The van der Waals surface area contributed by atoms with Crippen LogP contribution in [-0.2, 0) is 18.9 Å². The second-order valence-electron chi connectivity index (χ2n) is 6.02. The molecule has 2 N–H and O–H groups in total. The lowest BCUT2D eigenvalue weighted by molar-refractivity contribution is 0.188. The van der Waals surface area contributed by atoms with Crippen molar-refractivity contribution in [2.24, 2.45) is 5.73 Å². The molecular formula is C19H24NO3P. The Balaban J connectivity index is 2.20. The smallest absolute Gasteiger partial charge is 0.308 e. The normalized spacial score (nSPS) is 15.1. The average Bonchev–Trinajstić information content (AvgIpc) is 2.90. The van der Waals surface area contributed by atoms with Crippen molar-refractivity contribution in [2.45, 2.75) is 32.0 Å². The molecule has 0 saturated carbocycles. The summed E-state index contributed by atoms with van der Waals surface area (Å²) >= 11 is 0. The fourth-order valence-electron chi connectivity index (χ4n) is 3.20. The van der Waals surface area contributed by atoms with E-state index in [1.165, 1.54) is 0 Å². The Kier molecular flexibility index (Phi) is 4.93. The Morgan fingerprint density at radius 3 is 1.71 bits per heavy atom. The third-order valence-corrected chi connectivity index (χ3v) is 6.72. The van der Waals surface area contributed by atoms with Gasteiger partial charge in [-0.15, -0.1) is 0 Å². The van der Waals surface area contributed by atoms with Crippen LogP contribution in [0, 0.1) is 0 Å². The van der Waals surface area contributed by atoms with Gasteiger partial charge in [-0.25, -0.2) is 0 Å². The van der Waals surface area contributed by atoms with Gasteiger partial charge in [-0.05, 0) is 35.1 Å². The van der Waals surface area contributed by atoms with E-state index in [2.05, 4.69) is 0 Å². The number of benzene rings is 2. The first-order valence-electron chi connectivity index (χ1n) is 8.46. The van der Waals surface area contributed by atoms with Gasteiger partial charge in [-0.1, -0.05) is 62.4 Å². The maximum Gasteiger partial charge on any atom is 0.359 e. The lowest BCUT2D eigenvalue weighted by Crippen LogP contribution is -2.37. The number of rotatable bonds is 7. The highest BCUT2D eigenvalue weighted by Gasteiger charge is 2.56. The molecule has 24 heavy (non-hydrogen) atoms. The second-order valence-corrected chi connectivity index (χ2v) is 8.24. The molecule has 0 unspecified atom stereocenters. The summed E-state index contributed by atoms with van der Waals surface area (Å²) in [7, 11) is -3.60. The highest BCUT2D eigenvalue weighted by molar-refractivity contribution is 7.55. The van der Waals surface area contributed by atoms with E-state index in [0.717, 1.165) is 35.1 Å². The molecule has 0 bridgehead atoms. The zero-order chi connectivity index (χ0) is 17.2. The Morgan fingerprint density at radius 1 is 0.875 bits per heavy atom. The summed E-state index contributed by atoms with van der Waals surface area (Å²) in [6.45, 7) is 4.66. The summed E-state index contributed by atoms with van der Waals surface area (Å²) < 4.78 is 25.4. The summed E-state index contributed by atoms with van der Waals surface area (Å²) in [5, 5.41) is -1.27. The van der Waals surface area contributed by atoms with Gasteiger partial charge < -0.3 is 14.8 Å². The van der Waals surface area contributed by atoms with E-state index in [9.17, 15) is 4.57 Å². The monoisotopic (exact) mass is 345 g/mol. The average molecular weight is 345 g/mol. The minimum absolute atomic E-state index is 0.351. The molecule has 0 aromatic heterocycles. The summed E-state index contributed by atoms with van der Waals surface area (Å²) in [6, 6.07) is 15.6. The van der Waals surface area contributed by atoms with Gasteiger partial charge >= 0.3 is 7.60 Å². The van der Waals surface area contributed by atoms with Gasteiger partial charge in [-0.3, -0.25) is 4.57 Å². The molecule has 3 rings (SSSR count). The third-order valence-electron chi connectivity index (χ3n) is 4.33. The zero-order valence-electron chi connectivity index (χ0n) is 14.2. The predicted molar refractivity (Wildman–Crippen MR) is 96.9 cm³/mol. The second kappa shape index (κ2) is 6.81. The van der Waals surface area contributed by atoms with E-state index < -0.39 is 12.9 Å². The van der Waals surface area contributed by atoms with Gasteiger partial charge in [0, 0.05) is 0 Å². The van der Waals surface area contributed by atoms with Crippen LogP contribution in [0.15, 0.2) is 48.5 Å². The van der Waals surface area contributed by atoms with Gasteiger partial charge in [0.1, 0.15) is 0 Å². The standard InChI is InChI=1S/C19H24NO3P/c1-3-13-22-24(21,23-14-4-2)19(20)17-11-7-5-9-15(17)16-10-6-8-12-18(16)19/h5-12H,3-4,13-14,20H2,1-2H3. The highest BCUT2D eigenvalue weighted by atomic mass is 31.2. The van der Waals surface area contributed by atoms with Crippen LogP contribution >= 0.6 is 7.60 Å². The van der Waals surface area contributed by atoms with E-state index in [0.29, 0.717) is 13.2 Å². The molecule has 2 aromatic carbocycles. The van der Waals surface area contributed by atoms with Crippen LogP contribution in [0.4, 0.5) is 0 Å². The van der Waals surface area contributed by atoms with Gasteiger partial charge in [-0.2, -0.15) is 0 Å². The van der Waals surface area contributed by atoms with Crippen molar-refractivity contribution < 1.29 is 13.6 Å². The highest BCUT2D eigenvalue weighted by Crippen LogP contribution is 2.69. The van der Waals surface area contributed by atoms with Crippen molar-refractivity contribution in [1.29, 1.82) is 0 Å². The molecule has 128 valence electrons. The number of hydrogen-bond donors (Lipinski definition) is 1. The minimum atomic E-state index is -3.60. The fraction of sp³-hybridized carbons (Fsp3) is 0.368. The van der Waals surface area contributed by atoms with Gasteiger partial charge in [0.05, 0.1) is 13.2 Å². The summed E-state index contributed by atoms with van der Waals surface area (Å²) in [5.74, 6) is 0. The lowest BCUT2D eigenvalue weighted by atomic mass is 10.1. The maximum atomic E-state index is 13.8. The van der Waals surface area contributed by atoms with Gasteiger partial charge in [0.2, 0.25) is 0 Å². The topological polar surface area (TPSA) is 61.5 Å². The van der Waals surface area contributed by atoms with Crippen LogP contribution < -0.4 is 5.73 Å². The van der Waals surface area contributed by atoms with Crippen LogP contribution in [0.1, 0.15) is 37.8 Å². The van der Waals surface area contributed by atoms with E-state index in [4.69, 9.17) is 14.8 Å². The van der Waals surface area contributed by atoms with Gasteiger partial charge in [0.25, 0.3) is 0 Å². The quantitative estimate of drug-likeness (QED) is 0.727. The zero-order valence-corrected chi connectivity index (χ0v) is 15.1. The molecule has 0 heterocycles. The first kappa shape index (κ1) is 17.4. The van der Waals surface area contributed by atoms with Crippen LogP contribution in [0.2, 0.25) is 0 Å². The van der Waals surface area contributed by atoms with Crippen molar-refractivity contribution in [3.05, 3.63) is 59.7 Å². The van der Waals surface area contributed by atoms with Gasteiger partial charge in [0.15, 0.2) is 5.28 Å². The van der Waals surface area contributed by atoms with Crippen molar-refractivity contribution in [1.82, 2.24) is 0 Å². The Labute approximate surface area is 143 Å². The minimum Gasteiger partial charge on any atom is -0.308 e. The molecule has 2 aromatic rings. The molecule has 1 aliphatic carbocycles. The molecule has 0 aliphatic heterocycles. The van der Waals surface area contributed by atoms with Crippen molar-refractivity contribution in [3.8, 4) is 11.1 Å². The van der Waals surface area contributed by atoms with Crippen molar-refractivity contribution in [2.75, 3.05) is 13.2 Å². The largest absolute Gasteiger partial charge is 0.359 e. The van der Waals surface area contributed by atoms with Crippen LogP contribution in [0.5, 0.6) is 0 Å². The molecule has 4 nitrogen and oxygen atoms in total. The summed E-state index contributed by atoms with van der Waals surface area (Å²) in [5.41, 5.74) is 10.4. The summed E-state index contributed by atoms with van der Waals surface area (Å²) in [6.07, 6.45) is 1.50. The van der Waals surface area contributed by atoms with Crippen molar-refractivity contribution in [3.63, 3.8) is 0 Å². The molecule has 0 spiro atoms. The van der Waals surface area contributed by atoms with Crippen molar-refractivity contribution >= 4 is 7.60 Å². The molecule has 0 fully saturated rings. The first-order chi connectivity index (χ1) is 11.6. The van der Waals surface area contributed by atoms with E-state index in [1.807, 2.05) is 62.4 Å². The Hall–Kier alpha value is -1.45.